The molecule has 0 unspecified atom stereocenters. The van der Waals surface area contributed by atoms with Gasteiger partial charge in [0.05, 0.1) is 19.3 Å². The summed E-state index contributed by atoms with van der Waals surface area (Å²) in [7, 11) is -1.24. The number of rotatable bonds is 6. The Balaban J connectivity index is 2.10. The number of benzene rings is 1. The van der Waals surface area contributed by atoms with Gasteiger partial charge < -0.3 is 14.4 Å². The van der Waals surface area contributed by atoms with Gasteiger partial charge in [-0.2, -0.15) is 0 Å². The van der Waals surface area contributed by atoms with Crippen molar-refractivity contribution in [3.8, 4) is 17.0 Å². The first-order valence-electron chi connectivity index (χ1n) is 10.1. The minimum absolute atomic E-state index is 0.0218. The van der Waals surface area contributed by atoms with E-state index in [0.29, 0.717) is 5.56 Å². The molecule has 0 aliphatic rings. The third-order valence-corrected chi connectivity index (χ3v) is 6.28. The molecule has 176 valence electrons. The summed E-state index contributed by atoms with van der Waals surface area (Å²) in [4.78, 5) is 17.5. The van der Waals surface area contributed by atoms with Crippen LogP contribution in [0.25, 0.3) is 11.3 Å². The predicted molar refractivity (Wildman–Crippen MR) is 121 cm³/mol. The Labute approximate surface area is 192 Å². The zero-order chi connectivity index (χ0) is 24.4. The molecule has 2 heterocycles. The van der Waals surface area contributed by atoms with E-state index in [0.717, 1.165) is 3.97 Å². The Morgan fingerprint density at radius 1 is 1.21 bits per heavy atom. The summed E-state index contributed by atoms with van der Waals surface area (Å²) in [6.07, 6.45) is 3.46. The SMILES string of the molecule is COc1cccc(-c2cc(CN(C)C(=O)OC(C)(C)C)cn2S(=O)(=O)c2cccnc2)c1F. The minimum Gasteiger partial charge on any atom is -0.494 e. The van der Waals surface area contributed by atoms with Crippen molar-refractivity contribution in [2.45, 2.75) is 37.8 Å². The van der Waals surface area contributed by atoms with Crippen LogP contribution in [0.3, 0.4) is 0 Å². The second kappa shape index (κ2) is 9.22. The highest BCUT2D eigenvalue weighted by Gasteiger charge is 2.26. The highest BCUT2D eigenvalue weighted by Crippen LogP contribution is 2.33. The Hall–Kier alpha value is -3.40. The van der Waals surface area contributed by atoms with Crippen molar-refractivity contribution < 1.29 is 27.1 Å². The summed E-state index contributed by atoms with van der Waals surface area (Å²) in [5, 5.41) is 0. The summed E-state index contributed by atoms with van der Waals surface area (Å²) in [5.74, 6) is -0.723. The van der Waals surface area contributed by atoms with Gasteiger partial charge in [0, 0.05) is 31.2 Å². The number of hydrogen-bond donors (Lipinski definition) is 0. The van der Waals surface area contributed by atoms with E-state index in [2.05, 4.69) is 4.98 Å². The lowest BCUT2D eigenvalue weighted by molar-refractivity contribution is 0.0285. The molecule has 0 aliphatic heterocycles. The number of aromatic nitrogens is 2. The van der Waals surface area contributed by atoms with Crippen LogP contribution in [0.5, 0.6) is 5.75 Å². The fourth-order valence-corrected chi connectivity index (χ4v) is 4.49. The molecular weight excluding hydrogens is 449 g/mol. The third-order valence-electron chi connectivity index (χ3n) is 4.62. The molecule has 1 aromatic carbocycles. The van der Waals surface area contributed by atoms with Gasteiger partial charge in [-0.1, -0.05) is 6.07 Å². The first kappa shape index (κ1) is 24.2. The molecule has 33 heavy (non-hydrogen) atoms. The van der Waals surface area contributed by atoms with Crippen molar-refractivity contribution in [1.29, 1.82) is 0 Å². The van der Waals surface area contributed by atoms with Gasteiger partial charge in [-0.3, -0.25) is 4.98 Å². The summed E-state index contributed by atoms with van der Waals surface area (Å²) in [6, 6.07) is 8.90. The molecule has 0 saturated carbocycles. The maximum absolute atomic E-state index is 15.1. The van der Waals surface area contributed by atoms with Crippen LogP contribution in [0.1, 0.15) is 26.3 Å². The van der Waals surface area contributed by atoms with Gasteiger partial charge >= 0.3 is 6.09 Å². The maximum Gasteiger partial charge on any atom is 0.410 e. The van der Waals surface area contributed by atoms with Gasteiger partial charge in [0.1, 0.15) is 10.5 Å². The van der Waals surface area contributed by atoms with Gasteiger partial charge in [-0.25, -0.2) is 21.6 Å². The molecule has 10 heteroatoms. The predicted octanol–water partition coefficient (Wildman–Crippen LogP) is 4.30. The average molecular weight is 476 g/mol. The molecule has 3 rings (SSSR count). The van der Waals surface area contributed by atoms with Crippen molar-refractivity contribution in [3.05, 3.63) is 66.4 Å². The monoisotopic (exact) mass is 475 g/mol. The molecule has 0 spiro atoms. The van der Waals surface area contributed by atoms with Gasteiger partial charge in [0.25, 0.3) is 10.0 Å². The largest absolute Gasteiger partial charge is 0.494 e. The molecule has 0 N–H and O–H groups in total. The number of pyridine rings is 1. The number of carbonyl (C=O) groups is 1. The first-order valence-corrected chi connectivity index (χ1v) is 11.5. The van der Waals surface area contributed by atoms with E-state index in [4.69, 9.17) is 9.47 Å². The van der Waals surface area contributed by atoms with Crippen LogP contribution in [-0.4, -0.2) is 48.1 Å². The summed E-state index contributed by atoms with van der Waals surface area (Å²) >= 11 is 0. The third kappa shape index (κ3) is 5.33. The summed E-state index contributed by atoms with van der Waals surface area (Å²) in [6.45, 7) is 5.29. The quantitative estimate of drug-likeness (QED) is 0.528. The molecule has 1 amide bonds. The normalized spacial score (nSPS) is 11.8. The van der Waals surface area contributed by atoms with Crippen LogP contribution in [0.4, 0.5) is 9.18 Å². The molecule has 0 fully saturated rings. The lowest BCUT2D eigenvalue weighted by atomic mass is 10.1. The van der Waals surface area contributed by atoms with Crippen LogP contribution >= 0.6 is 0 Å². The molecule has 0 atom stereocenters. The fraction of sp³-hybridized carbons (Fsp3) is 0.304. The zero-order valence-corrected chi connectivity index (χ0v) is 19.9. The van der Waals surface area contributed by atoms with Crippen molar-refractivity contribution in [1.82, 2.24) is 13.9 Å². The van der Waals surface area contributed by atoms with E-state index in [9.17, 15) is 13.2 Å². The van der Waals surface area contributed by atoms with E-state index in [-0.39, 0.29) is 28.4 Å². The Bertz CT molecular complexity index is 1250. The summed E-state index contributed by atoms with van der Waals surface area (Å²) < 4.78 is 53.2. The van der Waals surface area contributed by atoms with Gasteiger partial charge in [-0.05, 0) is 56.7 Å². The smallest absolute Gasteiger partial charge is 0.410 e. The van der Waals surface area contributed by atoms with Gasteiger partial charge in [-0.15, -0.1) is 0 Å². The van der Waals surface area contributed by atoms with Crippen molar-refractivity contribution in [2.24, 2.45) is 0 Å². The average Bonchev–Trinajstić information content (AvgIpc) is 3.17. The van der Waals surface area contributed by atoms with Crippen molar-refractivity contribution in [3.63, 3.8) is 0 Å². The van der Waals surface area contributed by atoms with E-state index >= 15 is 4.39 Å². The van der Waals surface area contributed by atoms with Crippen LogP contribution < -0.4 is 4.74 Å². The number of halogens is 1. The van der Waals surface area contributed by atoms with Crippen LogP contribution in [0.2, 0.25) is 0 Å². The lowest BCUT2D eigenvalue weighted by Crippen LogP contribution is -2.33. The Morgan fingerprint density at radius 2 is 1.94 bits per heavy atom. The molecule has 0 radical (unpaired) electrons. The van der Waals surface area contributed by atoms with Crippen LogP contribution in [-0.2, 0) is 21.3 Å². The molecular formula is C23H26FN3O5S. The van der Waals surface area contributed by atoms with Crippen LogP contribution in [0, 0.1) is 5.82 Å². The van der Waals surface area contributed by atoms with Crippen molar-refractivity contribution >= 4 is 16.1 Å². The molecule has 2 aromatic heterocycles. The van der Waals surface area contributed by atoms with Crippen molar-refractivity contribution in [2.75, 3.05) is 14.2 Å². The maximum atomic E-state index is 15.1. The minimum atomic E-state index is -4.11. The lowest BCUT2D eigenvalue weighted by Gasteiger charge is -2.24. The first-order chi connectivity index (χ1) is 15.4. The van der Waals surface area contributed by atoms with Gasteiger partial charge in [0.15, 0.2) is 11.6 Å². The Kier molecular flexibility index (Phi) is 6.78. The molecule has 3 aromatic rings. The molecule has 0 aliphatic carbocycles. The van der Waals surface area contributed by atoms with E-state index in [1.54, 1.807) is 26.8 Å². The van der Waals surface area contributed by atoms with E-state index < -0.39 is 27.5 Å². The topological polar surface area (TPSA) is 90.7 Å². The number of amides is 1. The molecule has 0 saturated heterocycles. The molecule has 8 nitrogen and oxygen atoms in total. The Morgan fingerprint density at radius 3 is 2.55 bits per heavy atom. The standard InChI is InChI=1S/C23H26FN3O5S/c1-23(2,3)32-22(28)26(4)14-16-12-19(18-9-6-10-20(31-5)21(18)24)27(15-16)33(29,30)17-8-7-11-25-13-17/h6-13,15H,14H2,1-5H3. The fourth-order valence-electron chi connectivity index (χ4n) is 3.14. The number of carbonyl (C=O) groups excluding carboxylic acids is 1. The second-order valence-electron chi connectivity index (χ2n) is 8.38. The van der Waals surface area contributed by atoms with Crippen LogP contribution in [0.15, 0.2) is 59.9 Å². The van der Waals surface area contributed by atoms with E-state index in [1.165, 1.54) is 68.0 Å². The van der Waals surface area contributed by atoms with E-state index in [1.807, 2.05) is 0 Å². The highest BCUT2D eigenvalue weighted by atomic mass is 32.2. The van der Waals surface area contributed by atoms with Gasteiger partial charge in [0.2, 0.25) is 0 Å². The molecule has 0 bridgehead atoms. The summed E-state index contributed by atoms with van der Waals surface area (Å²) in [5.41, 5.74) is -0.0978. The number of methoxy groups -OCH3 is 1. The number of ether oxygens (including phenoxy) is 2. The number of nitrogens with zero attached hydrogens (tertiary/aromatic N) is 3. The second-order valence-corrected chi connectivity index (χ2v) is 10.2. The highest BCUT2D eigenvalue weighted by molar-refractivity contribution is 7.90. The zero-order valence-electron chi connectivity index (χ0n) is 19.1. The number of hydrogen-bond acceptors (Lipinski definition) is 6.